The minimum atomic E-state index is -3.42. The summed E-state index contributed by atoms with van der Waals surface area (Å²) >= 11 is 5.91. The summed E-state index contributed by atoms with van der Waals surface area (Å²) in [5.41, 5.74) is 0.871. The fourth-order valence-electron chi connectivity index (χ4n) is 2.28. The Labute approximate surface area is 124 Å². The van der Waals surface area contributed by atoms with E-state index in [4.69, 9.17) is 16.7 Å². The standard InChI is InChI=1S/C14H16ClNO3S/c15-12-8-7-11(4-3-9-17)14(10-12)16-20(18,19)13-5-1-2-6-13/h7-8,10,13,16-17H,1-2,5-6,9H2. The highest BCUT2D eigenvalue weighted by Gasteiger charge is 2.29. The average molecular weight is 314 g/mol. The highest BCUT2D eigenvalue weighted by Crippen LogP contribution is 2.28. The van der Waals surface area contributed by atoms with Crippen molar-refractivity contribution in [1.82, 2.24) is 0 Å². The van der Waals surface area contributed by atoms with E-state index >= 15 is 0 Å². The number of hydrogen-bond acceptors (Lipinski definition) is 3. The van der Waals surface area contributed by atoms with Crippen LogP contribution in [0, 0.1) is 11.8 Å². The van der Waals surface area contributed by atoms with Gasteiger partial charge in [-0.2, -0.15) is 0 Å². The van der Waals surface area contributed by atoms with Gasteiger partial charge in [0.25, 0.3) is 0 Å². The molecule has 0 radical (unpaired) electrons. The minimum absolute atomic E-state index is 0.280. The van der Waals surface area contributed by atoms with Crippen LogP contribution in [-0.2, 0) is 10.0 Å². The highest BCUT2D eigenvalue weighted by molar-refractivity contribution is 7.93. The van der Waals surface area contributed by atoms with Gasteiger partial charge in [-0.25, -0.2) is 8.42 Å². The first-order chi connectivity index (χ1) is 9.53. The first-order valence-electron chi connectivity index (χ1n) is 6.44. The maximum Gasteiger partial charge on any atom is 0.235 e. The molecule has 0 amide bonds. The number of hydrogen-bond donors (Lipinski definition) is 2. The zero-order valence-electron chi connectivity index (χ0n) is 10.9. The molecule has 1 aromatic rings. The monoisotopic (exact) mass is 313 g/mol. The van der Waals surface area contributed by atoms with Crippen LogP contribution >= 0.6 is 11.6 Å². The molecule has 0 saturated heterocycles. The lowest BCUT2D eigenvalue weighted by atomic mass is 10.2. The molecule has 0 bridgehead atoms. The molecule has 1 aliphatic carbocycles. The van der Waals surface area contributed by atoms with Crippen molar-refractivity contribution in [3.63, 3.8) is 0 Å². The second-order valence-corrected chi connectivity index (χ2v) is 7.10. The van der Waals surface area contributed by atoms with Gasteiger partial charge in [0, 0.05) is 10.6 Å². The van der Waals surface area contributed by atoms with E-state index in [0.717, 1.165) is 12.8 Å². The van der Waals surface area contributed by atoms with Gasteiger partial charge in [-0.05, 0) is 31.0 Å². The van der Waals surface area contributed by atoms with E-state index in [-0.39, 0.29) is 11.9 Å². The van der Waals surface area contributed by atoms with Crippen LogP contribution in [0.15, 0.2) is 18.2 Å². The summed E-state index contributed by atoms with van der Waals surface area (Å²) in [5, 5.41) is 8.83. The highest BCUT2D eigenvalue weighted by atomic mass is 35.5. The number of halogens is 1. The SMILES string of the molecule is O=S(=O)(Nc1cc(Cl)ccc1C#CCO)C1CCCC1. The number of nitrogens with one attached hydrogen (secondary N) is 1. The number of anilines is 1. The Bertz CT molecular complexity index is 640. The van der Waals surface area contributed by atoms with Crippen molar-refractivity contribution in [1.29, 1.82) is 0 Å². The third kappa shape index (κ3) is 3.66. The van der Waals surface area contributed by atoms with Crippen LogP contribution in [0.3, 0.4) is 0 Å². The topological polar surface area (TPSA) is 66.4 Å². The molecule has 2 N–H and O–H groups in total. The molecule has 1 aliphatic rings. The lowest BCUT2D eigenvalue weighted by molar-refractivity contribution is 0.350. The van der Waals surface area contributed by atoms with Crippen LogP contribution in [-0.4, -0.2) is 25.4 Å². The van der Waals surface area contributed by atoms with Crippen molar-refractivity contribution in [3.8, 4) is 11.8 Å². The van der Waals surface area contributed by atoms with Gasteiger partial charge in [0.2, 0.25) is 10.0 Å². The van der Waals surface area contributed by atoms with Crippen LogP contribution in [0.5, 0.6) is 0 Å². The summed E-state index contributed by atoms with van der Waals surface area (Å²) in [6, 6.07) is 4.81. The van der Waals surface area contributed by atoms with E-state index in [0.29, 0.717) is 29.1 Å². The Morgan fingerprint density at radius 1 is 1.35 bits per heavy atom. The summed E-state index contributed by atoms with van der Waals surface area (Å²) < 4.78 is 27.2. The maximum absolute atomic E-state index is 12.3. The van der Waals surface area contributed by atoms with Crippen LogP contribution < -0.4 is 4.72 Å². The predicted octanol–water partition coefficient (Wildman–Crippen LogP) is 2.37. The number of sulfonamides is 1. The van der Waals surface area contributed by atoms with E-state index in [1.165, 1.54) is 6.07 Å². The molecule has 0 aliphatic heterocycles. The van der Waals surface area contributed by atoms with Gasteiger partial charge in [0.05, 0.1) is 10.9 Å². The van der Waals surface area contributed by atoms with Crippen LogP contribution in [0.1, 0.15) is 31.2 Å². The summed E-state index contributed by atoms with van der Waals surface area (Å²) in [4.78, 5) is 0. The van der Waals surface area contributed by atoms with Crippen molar-refractivity contribution in [2.24, 2.45) is 0 Å². The number of aliphatic hydroxyl groups excluding tert-OH is 1. The second kappa shape index (κ2) is 6.49. The largest absolute Gasteiger partial charge is 0.384 e. The lowest BCUT2D eigenvalue weighted by Crippen LogP contribution is -2.25. The first-order valence-corrected chi connectivity index (χ1v) is 8.36. The third-order valence-electron chi connectivity index (χ3n) is 3.28. The molecule has 0 spiro atoms. The number of rotatable bonds is 3. The van der Waals surface area contributed by atoms with Gasteiger partial charge in [-0.3, -0.25) is 4.72 Å². The van der Waals surface area contributed by atoms with E-state index in [2.05, 4.69) is 16.6 Å². The van der Waals surface area contributed by atoms with Crippen LogP contribution in [0.2, 0.25) is 5.02 Å². The quantitative estimate of drug-likeness (QED) is 0.842. The summed E-state index contributed by atoms with van der Waals surface area (Å²) in [6.45, 7) is -0.280. The fourth-order valence-corrected chi connectivity index (χ4v) is 4.05. The Morgan fingerprint density at radius 2 is 2.05 bits per heavy atom. The Hall–Kier alpha value is -1.22. The average Bonchev–Trinajstić information content (AvgIpc) is 2.92. The van der Waals surface area contributed by atoms with E-state index < -0.39 is 10.0 Å². The molecule has 2 rings (SSSR count). The molecule has 20 heavy (non-hydrogen) atoms. The molecular weight excluding hydrogens is 298 g/mol. The Balaban J connectivity index is 2.29. The molecule has 4 nitrogen and oxygen atoms in total. The summed E-state index contributed by atoms with van der Waals surface area (Å²) in [6.07, 6.45) is 3.26. The molecular formula is C14H16ClNO3S. The molecule has 1 fully saturated rings. The smallest absolute Gasteiger partial charge is 0.235 e. The molecule has 1 aromatic carbocycles. The van der Waals surface area contributed by atoms with Crippen LogP contribution in [0.25, 0.3) is 0 Å². The fraction of sp³-hybridized carbons (Fsp3) is 0.429. The first kappa shape index (κ1) is 15.2. The number of aliphatic hydroxyl groups is 1. The molecule has 1 saturated carbocycles. The zero-order chi connectivity index (χ0) is 14.6. The molecule has 0 heterocycles. The third-order valence-corrected chi connectivity index (χ3v) is 5.37. The molecule has 0 unspecified atom stereocenters. The van der Waals surface area contributed by atoms with E-state index in [1.54, 1.807) is 12.1 Å². The zero-order valence-corrected chi connectivity index (χ0v) is 12.5. The van der Waals surface area contributed by atoms with Gasteiger partial charge in [0.15, 0.2) is 0 Å². The molecule has 0 atom stereocenters. The van der Waals surface area contributed by atoms with Crippen molar-refractivity contribution in [3.05, 3.63) is 28.8 Å². The Morgan fingerprint density at radius 3 is 2.70 bits per heavy atom. The summed E-state index contributed by atoms with van der Waals surface area (Å²) in [5.74, 6) is 5.23. The Kier molecular flexibility index (Phi) is 4.92. The minimum Gasteiger partial charge on any atom is -0.384 e. The predicted molar refractivity (Wildman–Crippen MR) is 80.2 cm³/mol. The van der Waals surface area contributed by atoms with Crippen molar-refractivity contribution < 1.29 is 13.5 Å². The summed E-state index contributed by atoms with van der Waals surface area (Å²) in [7, 11) is -3.42. The molecule has 6 heteroatoms. The van der Waals surface area contributed by atoms with Crippen molar-refractivity contribution in [2.45, 2.75) is 30.9 Å². The maximum atomic E-state index is 12.3. The lowest BCUT2D eigenvalue weighted by Gasteiger charge is -2.14. The van der Waals surface area contributed by atoms with Gasteiger partial charge in [-0.1, -0.05) is 36.3 Å². The van der Waals surface area contributed by atoms with Crippen molar-refractivity contribution >= 4 is 27.3 Å². The van der Waals surface area contributed by atoms with Crippen molar-refractivity contribution in [2.75, 3.05) is 11.3 Å². The van der Waals surface area contributed by atoms with Gasteiger partial charge < -0.3 is 5.11 Å². The van der Waals surface area contributed by atoms with Gasteiger partial charge >= 0.3 is 0 Å². The second-order valence-electron chi connectivity index (χ2n) is 4.70. The van der Waals surface area contributed by atoms with E-state index in [9.17, 15) is 8.42 Å². The number of benzene rings is 1. The van der Waals surface area contributed by atoms with Crippen LogP contribution in [0.4, 0.5) is 5.69 Å². The molecule has 108 valence electrons. The van der Waals surface area contributed by atoms with Gasteiger partial charge in [-0.15, -0.1) is 0 Å². The molecule has 0 aromatic heterocycles. The normalized spacial score (nSPS) is 15.7. The van der Waals surface area contributed by atoms with E-state index in [1.807, 2.05) is 0 Å². The van der Waals surface area contributed by atoms with Gasteiger partial charge in [0.1, 0.15) is 6.61 Å².